The summed E-state index contributed by atoms with van der Waals surface area (Å²) in [6.07, 6.45) is 2.22. The van der Waals surface area contributed by atoms with Crippen molar-refractivity contribution in [1.82, 2.24) is 0 Å². The first-order valence-corrected chi connectivity index (χ1v) is 6.72. The van der Waals surface area contributed by atoms with Gasteiger partial charge in [0.25, 0.3) is 0 Å². The van der Waals surface area contributed by atoms with Gasteiger partial charge in [-0.25, -0.2) is 0 Å². The van der Waals surface area contributed by atoms with Gasteiger partial charge in [-0.3, -0.25) is 4.99 Å². The van der Waals surface area contributed by atoms with Crippen molar-refractivity contribution in [2.45, 2.75) is 32.2 Å². The van der Waals surface area contributed by atoms with Crippen molar-refractivity contribution in [2.24, 2.45) is 10.7 Å². The van der Waals surface area contributed by atoms with Crippen LogP contribution in [0.5, 0.6) is 0 Å². The second-order valence-electron chi connectivity index (χ2n) is 4.74. The summed E-state index contributed by atoms with van der Waals surface area (Å²) in [6, 6.07) is 8.20. The highest BCUT2D eigenvalue weighted by atomic mass is 79.9. The summed E-state index contributed by atoms with van der Waals surface area (Å²) >= 11 is 3.50. The van der Waals surface area contributed by atoms with Crippen molar-refractivity contribution in [1.29, 1.82) is 0 Å². The molecule has 1 atom stereocenters. The highest BCUT2D eigenvalue weighted by molar-refractivity contribution is 9.10. The zero-order valence-corrected chi connectivity index (χ0v) is 11.9. The summed E-state index contributed by atoms with van der Waals surface area (Å²) in [4.78, 5) is 6.55. The molecule has 0 spiro atoms. The van der Waals surface area contributed by atoms with Gasteiger partial charge < -0.3 is 10.6 Å². The largest absolute Gasteiger partial charge is 0.369 e. The minimum atomic E-state index is 0.0135. The van der Waals surface area contributed by atoms with Crippen LogP contribution in [0.15, 0.2) is 33.7 Å². The standard InChI is InChI=1S/C13H18BrN3/c1-3-7-13(2)9-16-12(15)17(13)11-6-4-5-10(14)8-11/h4-6,8H,3,7,9H2,1-2H3,(H2,15,16). The SMILES string of the molecule is CCCC1(C)CN=C(N)N1c1cccc(Br)c1. The number of aliphatic imine (C=N–C) groups is 1. The Hall–Kier alpha value is -1.03. The number of guanidine groups is 1. The Morgan fingerprint density at radius 1 is 1.53 bits per heavy atom. The summed E-state index contributed by atoms with van der Waals surface area (Å²) in [5.41, 5.74) is 7.15. The molecule has 2 rings (SSSR count). The maximum Gasteiger partial charge on any atom is 0.196 e. The van der Waals surface area contributed by atoms with E-state index < -0.39 is 0 Å². The quantitative estimate of drug-likeness (QED) is 0.931. The van der Waals surface area contributed by atoms with Crippen LogP contribution in [-0.4, -0.2) is 18.0 Å². The van der Waals surface area contributed by atoms with Crippen LogP contribution in [0.1, 0.15) is 26.7 Å². The minimum Gasteiger partial charge on any atom is -0.369 e. The fraction of sp³-hybridized carbons (Fsp3) is 0.462. The number of halogens is 1. The van der Waals surface area contributed by atoms with Gasteiger partial charge in [0.05, 0.1) is 12.1 Å². The molecule has 0 bridgehead atoms. The van der Waals surface area contributed by atoms with Crippen molar-refractivity contribution in [3.63, 3.8) is 0 Å². The highest BCUT2D eigenvalue weighted by Gasteiger charge is 2.38. The van der Waals surface area contributed by atoms with E-state index in [1.54, 1.807) is 0 Å². The van der Waals surface area contributed by atoms with Gasteiger partial charge in [-0.05, 0) is 31.5 Å². The van der Waals surface area contributed by atoms with Gasteiger partial charge >= 0.3 is 0 Å². The molecule has 92 valence electrons. The summed E-state index contributed by atoms with van der Waals surface area (Å²) in [5, 5.41) is 0. The van der Waals surface area contributed by atoms with E-state index in [0.29, 0.717) is 5.96 Å². The van der Waals surface area contributed by atoms with Crippen LogP contribution >= 0.6 is 15.9 Å². The van der Waals surface area contributed by atoms with Crippen molar-refractivity contribution in [2.75, 3.05) is 11.4 Å². The molecule has 1 aliphatic rings. The van der Waals surface area contributed by atoms with Crippen molar-refractivity contribution < 1.29 is 0 Å². The second kappa shape index (κ2) is 4.69. The molecule has 1 aromatic rings. The van der Waals surface area contributed by atoms with E-state index in [9.17, 15) is 0 Å². The summed E-state index contributed by atoms with van der Waals surface area (Å²) in [5.74, 6) is 0.624. The number of rotatable bonds is 3. The van der Waals surface area contributed by atoms with Crippen LogP contribution in [0.3, 0.4) is 0 Å². The van der Waals surface area contributed by atoms with Gasteiger partial charge in [-0.2, -0.15) is 0 Å². The monoisotopic (exact) mass is 295 g/mol. The molecule has 0 aromatic heterocycles. The van der Waals surface area contributed by atoms with Crippen LogP contribution in [0, 0.1) is 0 Å². The normalized spacial score (nSPS) is 23.9. The lowest BCUT2D eigenvalue weighted by Crippen LogP contribution is -2.49. The fourth-order valence-electron chi connectivity index (χ4n) is 2.46. The van der Waals surface area contributed by atoms with Gasteiger partial charge in [-0.1, -0.05) is 35.3 Å². The Labute approximate surface area is 111 Å². The molecule has 0 radical (unpaired) electrons. The number of nitrogens with two attached hydrogens (primary N) is 1. The molecule has 1 aromatic carbocycles. The lowest BCUT2D eigenvalue weighted by atomic mass is 9.94. The molecule has 1 heterocycles. The van der Waals surface area contributed by atoms with Crippen molar-refractivity contribution in [3.8, 4) is 0 Å². The topological polar surface area (TPSA) is 41.6 Å². The van der Waals surface area contributed by atoms with Gasteiger partial charge in [-0.15, -0.1) is 0 Å². The Morgan fingerprint density at radius 2 is 2.29 bits per heavy atom. The van der Waals surface area contributed by atoms with Crippen LogP contribution < -0.4 is 10.6 Å². The molecule has 4 heteroatoms. The fourth-order valence-corrected chi connectivity index (χ4v) is 2.85. The smallest absolute Gasteiger partial charge is 0.196 e. The molecular formula is C13H18BrN3. The zero-order chi connectivity index (χ0) is 12.5. The van der Waals surface area contributed by atoms with E-state index in [-0.39, 0.29) is 5.54 Å². The molecule has 0 aliphatic carbocycles. The predicted molar refractivity (Wildman–Crippen MR) is 76.4 cm³/mol. The number of hydrogen-bond acceptors (Lipinski definition) is 3. The van der Waals surface area contributed by atoms with E-state index in [0.717, 1.165) is 29.5 Å². The maximum atomic E-state index is 6.03. The molecule has 2 N–H and O–H groups in total. The summed E-state index contributed by atoms with van der Waals surface area (Å²) in [7, 11) is 0. The van der Waals surface area contributed by atoms with Crippen LogP contribution in [-0.2, 0) is 0 Å². The molecule has 3 nitrogen and oxygen atoms in total. The average Bonchev–Trinajstić information content (AvgIpc) is 2.55. The van der Waals surface area contributed by atoms with Gasteiger partial charge in [0.15, 0.2) is 5.96 Å². The second-order valence-corrected chi connectivity index (χ2v) is 5.65. The van der Waals surface area contributed by atoms with E-state index in [1.165, 1.54) is 0 Å². The third kappa shape index (κ3) is 2.32. The third-order valence-electron chi connectivity index (χ3n) is 3.21. The number of anilines is 1. The first kappa shape index (κ1) is 12.4. The average molecular weight is 296 g/mol. The van der Waals surface area contributed by atoms with Gasteiger partial charge in [0.1, 0.15) is 0 Å². The first-order chi connectivity index (χ1) is 8.07. The number of hydrogen-bond donors (Lipinski definition) is 1. The Bertz CT molecular complexity index is 444. The first-order valence-electron chi connectivity index (χ1n) is 5.92. The van der Waals surface area contributed by atoms with Gasteiger partial charge in [0, 0.05) is 10.2 Å². The van der Waals surface area contributed by atoms with E-state index in [2.05, 4.69) is 51.8 Å². The Kier molecular flexibility index (Phi) is 3.43. The van der Waals surface area contributed by atoms with E-state index in [4.69, 9.17) is 5.73 Å². The number of nitrogens with zero attached hydrogens (tertiary/aromatic N) is 2. The molecular weight excluding hydrogens is 278 g/mol. The maximum absolute atomic E-state index is 6.03. The molecule has 1 aliphatic heterocycles. The predicted octanol–water partition coefficient (Wildman–Crippen LogP) is 3.14. The Morgan fingerprint density at radius 3 is 2.94 bits per heavy atom. The number of benzene rings is 1. The van der Waals surface area contributed by atoms with E-state index in [1.807, 2.05) is 12.1 Å². The highest BCUT2D eigenvalue weighted by Crippen LogP contribution is 2.33. The molecule has 0 saturated heterocycles. The zero-order valence-electron chi connectivity index (χ0n) is 10.3. The molecule has 17 heavy (non-hydrogen) atoms. The van der Waals surface area contributed by atoms with Crippen LogP contribution in [0.2, 0.25) is 0 Å². The van der Waals surface area contributed by atoms with E-state index >= 15 is 0 Å². The molecule has 1 unspecified atom stereocenters. The van der Waals surface area contributed by atoms with Crippen LogP contribution in [0.25, 0.3) is 0 Å². The molecule has 0 saturated carbocycles. The lowest BCUT2D eigenvalue weighted by Gasteiger charge is -2.36. The minimum absolute atomic E-state index is 0.0135. The third-order valence-corrected chi connectivity index (χ3v) is 3.70. The summed E-state index contributed by atoms with van der Waals surface area (Å²) < 4.78 is 1.06. The van der Waals surface area contributed by atoms with Crippen LogP contribution in [0.4, 0.5) is 5.69 Å². The molecule has 0 fully saturated rings. The van der Waals surface area contributed by atoms with Crippen molar-refractivity contribution >= 4 is 27.6 Å². The summed E-state index contributed by atoms with van der Waals surface area (Å²) in [6.45, 7) is 5.19. The Balaban J connectivity index is 2.37. The lowest BCUT2D eigenvalue weighted by molar-refractivity contribution is 0.457. The molecule has 0 amide bonds. The van der Waals surface area contributed by atoms with Crippen molar-refractivity contribution in [3.05, 3.63) is 28.7 Å². The van der Waals surface area contributed by atoms with Gasteiger partial charge in [0.2, 0.25) is 0 Å².